The Morgan fingerprint density at radius 1 is 1.22 bits per heavy atom. The number of carboxylic acid groups (broad SMARTS) is 1. The summed E-state index contributed by atoms with van der Waals surface area (Å²) in [6.07, 6.45) is -4.89. The standard InChI is InChI=1S/C21H19ClF4N4O5S/c1-9(2)4-14(18(33)34)29-17(32)8-36-19(29)27-12-6-13(11(23)5-10(12)22)30-16(31)7-15(21(24,25)26)28(3)20(30)35/h5-7,9,14H,4,8H2,1-3H3,(H,33,34). The molecule has 194 valence electrons. The third-order valence-corrected chi connectivity index (χ3v) is 6.41. The zero-order valence-corrected chi connectivity index (χ0v) is 20.5. The van der Waals surface area contributed by atoms with Gasteiger partial charge >= 0.3 is 17.8 Å². The molecule has 1 aromatic carbocycles. The number of amides is 1. The highest BCUT2D eigenvalue weighted by Gasteiger charge is 2.39. The van der Waals surface area contributed by atoms with Crippen molar-refractivity contribution in [3.8, 4) is 5.69 Å². The van der Waals surface area contributed by atoms with Gasteiger partial charge in [0, 0.05) is 13.1 Å². The number of amidine groups is 1. The molecular formula is C21H19ClF4N4O5S. The molecule has 1 N–H and O–H groups in total. The first-order valence-corrected chi connectivity index (χ1v) is 11.7. The Hall–Kier alpha value is -3.13. The van der Waals surface area contributed by atoms with Gasteiger partial charge in [-0.15, -0.1) is 0 Å². The van der Waals surface area contributed by atoms with E-state index in [2.05, 4.69) is 4.99 Å². The quantitative estimate of drug-likeness (QED) is 0.551. The lowest BCUT2D eigenvalue weighted by atomic mass is 10.0. The molecule has 3 rings (SSSR count). The Balaban J connectivity index is 2.18. The van der Waals surface area contributed by atoms with Gasteiger partial charge in [-0.05, 0) is 24.5 Å². The van der Waals surface area contributed by atoms with Crippen molar-refractivity contribution in [3.05, 3.63) is 55.6 Å². The molecule has 0 bridgehead atoms. The Labute approximate surface area is 210 Å². The van der Waals surface area contributed by atoms with E-state index in [1.807, 2.05) is 0 Å². The maximum absolute atomic E-state index is 14.8. The number of hydrogen-bond donors (Lipinski definition) is 1. The average Bonchev–Trinajstić information content (AvgIpc) is 3.10. The van der Waals surface area contributed by atoms with Gasteiger partial charge in [0.05, 0.1) is 22.2 Å². The minimum atomic E-state index is -5.01. The van der Waals surface area contributed by atoms with Crippen molar-refractivity contribution < 1.29 is 32.3 Å². The maximum Gasteiger partial charge on any atom is 0.431 e. The molecule has 1 aromatic heterocycles. The number of alkyl halides is 3. The Bertz CT molecular complexity index is 1390. The lowest BCUT2D eigenvalue weighted by Gasteiger charge is -2.25. The van der Waals surface area contributed by atoms with Crippen molar-refractivity contribution in [1.29, 1.82) is 0 Å². The lowest BCUT2D eigenvalue weighted by molar-refractivity contribution is -0.146. The number of rotatable bonds is 6. The number of halogens is 5. The topological polar surface area (TPSA) is 114 Å². The molecule has 0 aliphatic carbocycles. The number of carbonyl (C=O) groups is 2. The monoisotopic (exact) mass is 550 g/mol. The van der Waals surface area contributed by atoms with Crippen LogP contribution in [-0.2, 0) is 22.8 Å². The van der Waals surface area contributed by atoms with Crippen LogP contribution < -0.4 is 11.2 Å². The van der Waals surface area contributed by atoms with E-state index < -0.39 is 52.5 Å². The van der Waals surface area contributed by atoms with Crippen LogP contribution in [0.3, 0.4) is 0 Å². The second-order valence-corrected chi connectivity index (χ2v) is 9.58. The highest BCUT2D eigenvalue weighted by Crippen LogP contribution is 2.34. The molecule has 15 heteroatoms. The molecule has 36 heavy (non-hydrogen) atoms. The number of aliphatic imine (C=N–C) groups is 1. The minimum absolute atomic E-state index is 0.0554. The molecule has 0 spiro atoms. The van der Waals surface area contributed by atoms with Crippen LogP contribution in [0.15, 0.2) is 32.8 Å². The zero-order chi connectivity index (χ0) is 27.1. The minimum Gasteiger partial charge on any atom is -0.480 e. The van der Waals surface area contributed by atoms with Gasteiger partial charge in [0.15, 0.2) is 5.17 Å². The molecule has 1 amide bonds. The second kappa shape index (κ2) is 10.1. The normalized spacial score (nSPS) is 16.3. The smallest absolute Gasteiger partial charge is 0.431 e. The van der Waals surface area contributed by atoms with Gasteiger partial charge in [0.2, 0.25) is 5.91 Å². The van der Waals surface area contributed by atoms with Crippen LogP contribution in [0.5, 0.6) is 0 Å². The summed E-state index contributed by atoms with van der Waals surface area (Å²) in [7, 11) is 0.773. The highest BCUT2D eigenvalue weighted by atomic mass is 35.5. The number of aromatic nitrogens is 2. The van der Waals surface area contributed by atoms with Crippen LogP contribution in [0.2, 0.25) is 5.02 Å². The predicted molar refractivity (Wildman–Crippen MR) is 125 cm³/mol. The summed E-state index contributed by atoms with van der Waals surface area (Å²) in [6.45, 7) is 3.54. The summed E-state index contributed by atoms with van der Waals surface area (Å²) >= 11 is 6.98. The number of benzene rings is 1. The molecule has 2 aromatic rings. The maximum atomic E-state index is 14.8. The first-order chi connectivity index (χ1) is 16.6. The second-order valence-electron chi connectivity index (χ2n) is 8.23. The summed E-state index contributed by atoms with van der Waals surface area (Å²) in [5.74, 6) is -3.20. The van der Waals surface area contributed by atoms with Crippen molar-refractivity contribution in [3.63, 3.8) is 0 Å². The number of aliphatic carboxylic acids is 1. The fourth-order valence-electron chi connectivity index (χ4n) is 3.53. The molecule has 1 saturated heterocycles. The SMILES string of the molecule is CC(C)CC(C(=O)O)N1C(=O)CSC1=Nc1cc(-n2c(=O)cc(C(F)(F)F)n(C)c2=O)c(F)cc1Cl. The van der Waals surface area contributed by atoms with Crippen molar-refractivity contribution >= 4 is 46.1 Å². The van der Waals surface area contributed by atoms with E-state index >= 15 is 0 Å². The fourth-order valence-corrected chi connectivity index (χ4v) is 4.65. The fraction of sp³-hybridized carbons (Fsp3) is 0.381. The molecule has 1 unspecified atom stereocenters. The molecule has 1 fully saturated rings. The van der Waals surface area contributed by atoms with E-state index in [0.29, 0.717) is 6.07 Å². The van der Waals surface area contributed by atoms with Crippen LogP contribution in [0.4, 0.5) is 23.2 Å². The summed E-state index contributed by atoms with van der Waals surface area (Å²) in [5.41, 5.74) is -5.40. The molecule has 1 aliphatic heterocycles. The number of nitrogens with zero attached hydrogens (tertiary/aromatic N) is 4. The van der Waals surface area contributed by atoms with E-state index in [-0.39, 0.29) is 49.2 Å². The third-order valence-electron chi connectivity index (χ3n) is 5.17. The van der Waals surface area contributed by atoms with Crippen LogP contribution >= 0.6 is 23.4 Å². The van der Waals surface area contributed by atoms with E-state index in [0.717, 1.165) is 29.8 Å². The zero-order valence-electron chi connectivity index (χ0n) is 19.0. The van der Waals surface area contributed by atoms with E-state index in [9.17, 15) is 41.8 Å². The van der Waals surface area contributed by atoms with Crippen molar-refractivity contribution in [2.75, 3.05) is 5.75 Å². The van der Waals surface area contributed by atoms with Crippen LogP contribution in [0.25, 0.3) is 5.69 Å². The number of hydrogen-bond acceptors (Lipinski definition) is 6. The molecular weight excluding hydrogens is 532 g/mol. The largest absolute Gasteiger partial charge is 0.480 e. The Kier molecular flexibility index (Phi) is 7.69. The Morgan fingerprint density at radius 3 is 2.42 bits per heavy atom. The van der Waals surface area contributed by atoms with Gasteiger partial charge < -0.3 is 5.11 Å². The van der Waals surface area contributed by atoms with E-state index in [1.165, 1.54) is 0 Å². The molecule has 2 heterocycles. The lowest BCUT2D eigenvalue weighted by Crippen LogP contribution is -2.45. The van der Waals surface area contributed by atoms with Gasteiger partial charge in [-0.2, -0.15) is 13.2 Å². The predicted octanol–water partition coefficient (Wildman–Crippen LogP) is 3.41. The number of thioether (sulfide) groups is 1. The number of carboxylic acids is 1. The molecule has 0 radical (unpaired) electrons. The summed E-state index contributed by atoms with van der Waals surface area (Å²) in [5, 5.41) is 9.28. The molecule has 0 saturated carbocycles. The molecule has 9 nitrogen and oxygen atoms in total. The van der Waals surface area contributed by atoms with Crippen LogP contribution in [0, 0.1) is 11.7 Å². The van der Waals surface area contributed by atoms with Gasteiger partial charge in [-0.3, -0.25) is 19.1 Å². The van der Waals surface area contributed by atoms with Crippen molar-refractivity contribution in [1.82, 2.24) is 14.0 Å². The number of carbonyl (C=O) groups excluding carboxylic acids is 1. The first-order valence-electron chi connectivity index (χ1n) is 10.3. The van der Waals surface area contributed by atoms with E-state index in [1.54, 1.807) is 13.8 Å². The van der Waals surface area contributed by atoms with Gasteiger partial charge in [0.1, 0.15) is 17.6 Å². The van der Waals surface area contributed by atoms with E-state index in [4.69, 9.17) is 11.6 Å². The Morgan fingerprint density at radius 2 is 1.86 bits per heavy atom. The van der Waals surface area contributed by atoms with Crippen molar-refractivity contribution in [2.45, 2.75) is 32.5 Å². The van der Waals surface area contributed by atoms with Gasteiger partial charge in [-0.1, -0.05) is 37.2 Å². The van der Waals surface area contributed by atoms with Crippen LogP contribution in [0.1, 0.15) is 26.0 Å². The first kappa shape index (κ1) is 27.5. The molecule has 1 aliphatic rings. The van der Waals surface area contributed by atoms with Crippen LogP contribution in [-0.4, -0.2) is 48.0 Å². The molecule has 1 atom stereocenters. The van der Waals surface area contributed by atoms with Gasteiger partial charge in [0.25, 0.3) is 5.56 Å². The summed E-state index contributed by atoms with van der Waals surface area (Å²) in [4.78, 5) is 54.4. The van der Waals surface area contributed by atoms with Crippen molar-refractivity contribution in [2.24, 2.45) is 18.0 Å². The average molecular weight is 551 g/mol. The highest BCUT2D eigenvalue weighted by molar-refractivity contribution is 8.15. The summed E-state index contributed by atoms with van der Waals surface area (Å²) < 4.78 is 54.5. The van der Waals surface area contributed by atoms with Gasteiger partial charge in [-0.25, -0.2) is 23.5 Å². The summed E-state index contributed by atoms with van der Waals surface area (Å²) in [6, 6.07) is 0.474. The third kappa shape index (κ3) is 5.33.